The van der Waals surface area contributed by atoms with Crippen LogP contribution in [0.15, 0.2) is 0 Å². The van der Waals surface area contributed by atoms with Crippen LogP contribution in [0.5, 0.6) is 0 Å². The van der Waals surface area contributed by atoms with Crippen LogP contribution < -0.4 is 5.73 Å². The van der Waals surface area contributed by atoms with E-state index in [2.05, 4.69) is 22.0 Å². The Hall–Kier alpha value is -1.15. The van der Waals surface area contributed by atoms with Crippen LogP contribution >= 0.6 is 0 Å². The number of nitrogens with zero attached hydrogens (tertiary/aromatic N) is 4. The fourth-order valence-corrected chi connectivity index (χ4v) is 3.88. The summed E-state index contributed by atoms with van der Waals surface area (Å²) in [5.41, 5.74) is 5.92. The second-order valence-electron chi connectivity index (χ2n) is 6.11. The van der Waals surface area contributed by atoms with E-state index in [-0.39, 0.29) is 12.1 Å². The molecule has 0 saturated heterocycles. The minimum atomic E-state index is -4.44. The van der Waals surface area contributed by atoms with Gasteiger partial charge in [0.2, 0.25) is 5.82 Å². The third-order valence-corrected chi connectivity index (χ3v) is 5.15. The molecule has 1 aliphatic carbocycles. The molecule has 0 amide bonds. The number of nitrogens with two attached hydrogens (primary N) is 1. The maximum Gasteiger partial charge on any atom is 0.451 e. The summed E-state index contributed by atoms with van der Waals surface area (Å²) in [5, 5.41) is 7.07. The molecule has 118 valence electrons. The van der Waals surface area contributed by atoms with E-state index >= 15 is 0 Å². The summed E-state index contributed by atoms with van der Waals surface area (Å²) >= 11 is 0. The molecule has 1 aromatic heterocycles. The Morgan fingerprint density at radius 2 is 2.10 bits per heavy atom. The lowest BCUT2D eigenvalue weighted by Crippen LogP contribution is -2.57. The highest BCUT2D eigenvalue weighted by Crippen LogP contribution is 2.41. The zero-order chi connectivity index (χ0) is 15.3. The Labute approximate surface area is 121 Å². The van der Waals surface area contributed by atoms with Crippen LogP contribution in [-0.2, 0) is 19.3 Å². The van der Waals surface area contributed by atoms with Crippen LogP contribution in [0.4, 0.5) is 13.2 Å². The molecule has 8 heteroatoms. The van der Waals surface area contributed by atoms with Gasteiger partial charge in [0, 0.05) is 25.2 Å². The molecule has 0 spiro atoms. The standard InChI is InChI=1S/C13H20F3N5/c1-9-3-2-4-12(9,8-17)20-5-6-21-10(7-20)18-19-11(21)13(14,15)16/h9H,2-8,17H2,1H3. The molecule has 0 radical (unpaired) electrons. The van der Waals surface area contributed by atoms with Gasteiger partial charge in [0.05, 0.1) is 6.54 Å². The first-order chi connectivity index (χ1) is 9.88. The molecule has 2 atom stereocenters. The lowest BCUT2D eigenvalue weighted by Gasteiger charge is -2.45. The number of fused-ring (bicyclic) bond motifs is 1. The number of alkyl halides is 3. The van der Waals surface area contributed by atoms with Crippen LogP contribution in [0.2, 0.25) is 0 Å². The summed E-state index contributed by atoms with van der Waals surface area (Å²) in [6.45, 7) is 3.95. The van der Waals surface area contributed by atoms with Gasteiger partial charge >= 0.3 is 6.18 Å². The predicted molar refractivity (Wildman–Crippen MR) is 70.2 cm³/mol. The van der Waals surface area contributed by atoms with Gasteiger partial charge in [0.1, 0.15) is 5.82 Å². The summed E-state index contributed by atoms with van der Waals surface area (Å²) in [5.74, 6) is -0.0435. The normalized spacial score (nSPS) is 30.6. The number of halogens is 3. The summed E-state index contributed by atoms with van der Waals surface area (Å²) in [6, 6.07) is 0. The lowest BCUT2D eigenvalue weighted by atomic mass is 9.86. The molecular formula is C13H20F3N5. The van der Waals surface area contributed by atoms with E-state index < -0.39 is 12.0 Å². The van der Waals surface area contributed by atoms with Crippen molar-refractivity contribution in [1.29, 1.82) is 0 Å². The van der Waals surface area contributed by atoms with Crippen molar-refractivity contribution in [1.82, 2.24) is 19.7 Å². The Morgan fingerprint density at radius 1 is 1.33 bits per heavy atom. The molecule has 2 unspecified atom stereocenters. The van der Waals surface area contributed by atoms with Crippen LogP contribution in [0.1, 0.15) is 37.8 Å². The summed E-state index contributed by atoms with van der Waals surface area (Å²) in [6.07, 6.45) is -1.20. The second kappa shape index (κ2) is 4.95. The first kappa shape index (κ1) is 14.8. The molecule has 0 bridgehead atoms. The molecule has 2 aliphatic rings. The van der Waals surface area contributed by atoms with Gasteiger partial charge in [-0.2, -0.15) is 13.2 Å². The smallest absolute Gasteiger partial charge is 0.329 e. The molecule has 1 saturated carbocycles. The topological polar surface area (TPSA) is 60.0 Å². The van der Waals surface area contributed by atoms with Crippen LogP contribution in [-0.4, -0.2) is 38.3 Å². The number of hydrogen-bond donors (Lipinski definition) is 1. The Morgan fingerprint density at radius 3 is 2.67 bits per heavy atom. The first-order valence-electron chi connectivity index (χ1n) is 7.33. The van der Waals surface area contributed by atoms with E-state index in [0.29, 0.717) is 31.4 Å². The van der Waals surface area contributed by atoms with E-state index in [0.717, 1.165) is 19.3 Å². The van der Waals surface area contributed by atoms with Gasteiger partial charge < -0.3 is 10.3 Å². The van der Waals surface area contributed by atoms with Crippen molar-refractivity contribution in [2.75, 3.05) is 13.1 Å². The quantitative estimate of drug-likeness (QED) is 0.902. The lowest BCUT2D eigenvalue weighted by molar-refractivity contribution is -0.148. The monoisotopic (exact) mass is 303 g/mol. The van der Waals surface area contributed by atoms with Gasteiger partial charge in [-0.15, -0.1) is 10.2 Å². The Kier molecular flexibility index (Phi) is 3.48. The van der Waals surface area contributed by atoms with Crippen LogP contribution in [0, 0.1) is 5.92 Å². The van der Waals surface area contributed by atoms with Crippen molar-refractivity contribution in [3.63, 3.8) is 0 Å². The van der Waals surface area contributed by atoms with Crippen LogP contribution in [0.25, 0.3) is 0 Å². The largest absolute Gasteiger partial charge is 0.451 e. The minimum Gasteiger partial charge on any atom is -0.329 e. The molecule has 0 aromatic carbocycles. The molecule has 21 heavy (non-hydrogen) atoms. The van der Waals surface area contributed by atoms with Crippen molar-refractivity contribution >= 4 is 0 Å². The van der Waals surface area contributed by atoms with E-state index in [1.165, 1.54) is 4.57 Å². The van der Waals surface area contributed by atoms with E-state index in [9.17, 15) is 13.2 Å². The fraction of sp³-hybridized carbons (Fsp3) is 0.846. The van der Waals surface area contributed by atoms with Crippen molar-refractivity contribution in [2.45, 2.75) is 51.0 Å². The van der Waals surface area contributed by atoms with E-state index in [1.54, 1.807) is 0 Å². The van der Waals surface area contributed by atoms with E-state index in [4.69, 9.17) is 5.73 Å². The zero-order valence-electron chi connectivity index (χ0n) is 12.0. The molecule has 1 aromatic rings. The van der Waals surface area contributed by atoms with Gasteiger partial charge in [-0.1, -0.05) is 13.3 Å². The summed E-state index contributed by atoms with van der Waals surface area (Å²) in [7, 11) is 0. The number of hydrogen-bond acceptors (Lipinski definition) is 4. The van der Waals surface area contributed by atoms with Gasteiger partial charge in [-0.25, -0.2) is 0 Å². The summed E-state index contributed by atoms with van der Waals surface area (Å²) in [4.78, 5) is 2.22. The molecular weight excluding hydrogens is 283 g/mol. The average molecular weight is 303 g/mol. The Balaban J connectivity index is 1.87. The molecule has 5 nitrogen and oxygen atoms in total. The maximum absolute atomic E-state index is 12.9. The minimum absolute atomic E-state index is 0.102. The van der Waals surface area contributed by atoms with Crippen molar-refractivity contribution in [3.05, 3.63) is 11.6 Å². The first-order valence-corrected chi connectivity index (χ1v) is 7.33. The Bertz CT molecular complexity index is 526. The number of aromatic nitrogens is 3. The fourth-order valence-electron chi connectivity index (χ4n) is 3.88. The third kappa shape index (κ3) is 2.24. The summed E-state index contributed by atoms with van der Waals surface area (Å²) < 4.78 is 39.8. The highest BCUT2D eigenvalue weighted by atomic mass is 19.4. The third-order valence-electron chi connectivity index (χ3n) is 5.15. The highest BCUT2D eigenvalue weighted by molar-refractivity contribution is 5.07. The van der Waals surface area contributed by atoms with Crippen LogP contribution in [0.3, 0.4) is 0 Å². The zero-order valence-corrected chi connectivity index (χ0v) is 12.0. The predicted octanol–water partition coefficient (Wildman–Crippen LogP) is 1.63. The molecule has 2 N–H and O–H groups in total. The molecule has 1 fully saturated rings. The van der Waals surface area contributed by atoms with Gasteiger partial charge in [-0.05, 0) is 18.8 Å². The van der Waals surface area contributed by atoms with Crippen molar-refractivity contribution in [3.8, 4) is 0 Å². The molecule has 2 heterocycles. The van der Waals surface area contributed by atoms with Crippen molar-refractivity contribution in [2.24, 2.45) is 11.7 Å². The van der Waals surface area contributed by atoms with Gasteiger partial charge in [0.25, 0.3) is 0 Å². The average Bonchev–Trinajstić information content (AvgIpc) is 3.01. The SMILES string of the molecule is CC1CCCC1(CN)N1CCn2c(nnc2C(F)(F)F)C1. The molecule has 3 rings (SSSR count). The second-order valence-corrected chi connectivity index (χ2v) is 6.11. The highest BCUT2D eigenvalue weighted by Gasteiger charge is 2.46. The molecule has 1 aliphatic heterocycles. The number of rotatable bonds is 2. The van der Waals surface area contributed by atoms with Gasteiger partial charge in [-0.3, -0.25) is 4.90 Å². The maximum atomic E-state index is 12.9. The van der Waals surface area contributed by atoms with E-state index in [1.807, 2.05) is 0 Å². The van der Waals surface area contributed by atoms with Gasteiger partial charge in [0.15, 0.2) is 0 Å². The van der Waals surface area contributed by atoms with Crippen molar-refractivity contribution < 1.29 is 13.2 Å².